The number of halogens is 3. The number of hydrogen-bond donors (Lipinski definition) is 2. The van der Waals surface area contributed by atoms with Crippen LogP contribution in [0.15, 0.2) is 54.6 Å². The topological polar surface area (TPSA) is 66.9 Å². The highest BCUT2D eigenvalue weighted by atomic mass is 19.2. The second kappa shape index (κ2) is 8.31. The number of aromatic nitrogens is 2. The number of nitrogens with one attached hydrogen (secondary N) is 2. The first-order chi connectivity index (χ1) is 13.0. The SMILES string of the molecule is O=C(NCCc1ccccc1)c1ccc(Nc2ccc(F)c(F)c2F)nn1. The van der Waals surface area contributed by atoms with E-state index in [9.17, 15) is 18.0 Å². The van der Waals surface area contributed by atoms with Crippen LogP contribution in [0.5, 0.6) is 0 Å². The third kappa shape index (κ3) is 4.60. The van der Waals surface area contributed by atoms with E-state index in [0.29, 0.717) is 13.0 Å². The molecule has 138 valence electrons. The first kappa shape index (κ1) is 18.4. The van der Waals surface area contributed by atoms with E-state index < -0.39 is 23.4 Å². The first-order valence-corrected chi connectivity index (χ1v) is 8.11. The van der Waals surface area contributed by atoms with Crippen molar-refractivity contribution >= 4 is 17.4 Å². The number of rotatable bonds is 6. The largest absolute Gasteiger partial charge is 0.350 e. The van der Waals surface area contributed by atoms with Crippen molar-refractivity contribution in [3.8, 4) is 0 Å². The minimum Gasteiger partial charge on any atom is -0.350 e. The molecule has 1 amide bonds. The van der Waals surface area contributed by atoms with Gasteiger partial charge in [-0.05, 0) is 36.2 Å². The minimum absolute atomic E-state index is 0.0828. The molecule has 3 aromatic rings. The van der Waals surface area contributed by atoms with Gasteiger partial charge in [0, 0.05) is 6.54 Å². The zero-order valence-electron chi connectivity index (χ0n) is 14.0. The maximum atomic E-state index is 13.6. The molecule has 2 aromatic carbocycles. The van der Waals surface area contributed by atoms with E-state index in [1.165, 1.54) is 12.1 Å². The van der Waals surface area contributed by atoms with Crippen molar-refractivity contribution in [2.45, 2.75) is 6.42 Å². The summed E-state index contributed by atoms with van der Waals surface area (Å²) in [6, 6.07) is 14.3. The van der Waals surface area contributed by atoms with Gasteiger partial charge in [-0.1, -0.05) is 30.3 Å². The van der Waals surface area contributed by atoms with E-state index in [1.807, 2.05) is 30.3 Å². The van der Waals surface area contributed by atoms with Gasteiger partial charge in [0.2, 0.25) is 0 Å². The van der Waals surface area contributed by atoms with Crippen LogP contribution < -0.4 is 10.6 Å². The zero-order valence-corrected chi connectivity index (χ0v) is 14.0. The van der Waals surface area contributed by atoms with Crippen molar-refractivity contribution < 1.29 is 18.0 Å². The number of benzene rings is 2. The number of anilines is 2. The van der Waals surface area contributed by atoms with Gasteiger partial charge in [-0.3, -0.25) is 4.79 Å². The number of carbonyl (C=O) groups excluding carboxylic acids is 1. The summed E-state index contributed by atoms with van der Waals surface area (Å²) in [7, 11) is 0. The lowest BCUT2D eigenvalue weighted by Gasteiger charge is -2.08. The highest BCUT2D eigenvalue weighted by Gasteiger charge is 2.14. The molecule has 8 heteroatoms. The van der Waals surface area contributed by atoms with Gasteiger partial charge >= 0.3 is 0 Å². The van der Waals surface area contributed by atoms with Crippen LogP contribution in [-0.2, 0) is 6.42 Å². The van der Waals surface area contributed by atoms with E-state index in [2.05, 4.69) is 20.8 Å². The van der Waals surface area contributed by atoms with Gasteiger partial charge in [0.1, 0.15) is 0 Å². The fourth-order valence-corrected chi connectivity index (χ4v) is 2.34. The molecule has 0 fully saturated rings. The normalized spacial score (nSPS) is 10.5. The van der Waals surface area contributed by atoms with Crippen molar-refractivity contribution in [3.63, 3.8) is 0 Å². The molecule has 0 radical (unpaired) electrons. The minimum atomic E-state index is -1.58. The molecule has 2 N–H and O–H groups in total. The number of amides is 1. The van der Waals surface area contributed by atoms with Gasteiger partial charge in [-0.25, -0.2) is 13.2 Å². The Kier molecular flexibility index (Phi) is 5.65. The Morgan fingerprint density at radius 2 is 1.67 bits per heavy atom. The van der Waals surface area contributed by atoms with Crippen molar-refractivity contribution in [1.82, 2.24) is 15.5 Å². The molecule has 3 rings (SSSR count). The Bertz CT molecular complexity index is 934. The molecular formula is C19H15F3N4O. The maximum absolute atomic E-state index is 13.6. The van der Waals surface area contributed by atoms with Crippen LogP contribution in [0.3, 0.4) is 0 Å². The molecule has 0 saturated heterocycles. The van der Waals surface area contributed by atoms with E-state index in [1.54, 1.807) is 0 Å². The summed E-state index contributed by atoms with van der Waals surface area (Å²) in [5, 5.41) is 12.7. The van der Waals surface area contributed by atoms with Crippen LogP contribution in [0.2, 0.25) is 0 Å². The number of nitrogens with zero attached hydrogens (tertiary/aromatic N) is 2. The quantitative estimate of drug-likeness (QED) is 0.649. The van der Waals surface area contributed by atoms with Gasteiger partial charge in [0.15, 0.2) is 29.0 Å². The molecule has 1 aromatic heterocycles. The van der Waals surface area contributed by atoms with Gasteiger partial charge in [0.25, 0.3) is 5.91 Å². The predicted octanol–water partition coefficient (Wildman–Crippen LogP) is 3.61. The summed E-state index contributed by atoms with van der Waals surface area (Å²) in [5.74, 6) is -4.54. The Morgan fingerprint density at radius 1 is 0.889 bits per heavy atom. The fourth-order valence-electron chi connectivity index (χ4n) is 2.34. The molecular weight excluding hydrogens is 357 g/mol. The maximum Gasteiger partial charge on any atom is 0.271 e. The van der Waals surface area contributed by atoms with Crippen molar-refractivity contribution in [1.29, 1.82) is 0 Å². The average Bonchev–Trinajstić information content (AvgIpc) is 2.70. The lowest BCUT2D eigenvalue weighted by atomic mass is 10.1. The zero-order chi connectivity index (χ0) is 19.2. The van der Waals surface area contributed by atoms with Crippen LogP contribution in [0.4, 0.5) is 24.7 Å². The molecule has 0 atom stereocenters. The van der Waals surface area contributed by atoms with E-state index in [-0.39, 0.29) is 17.2 Å². The first-order valence-electron chi connectivity index (χ1n) is 8.11. The molecule has 0 aliphatic carbocycles. The molecule has 0 bridgehead atoms. The van der Waals surface area contributed by atoms with Crippen molar-refractivity contribution in [3.05, 3.63) is 83.3 Å². The average molecular weight is 372 g/mol. The molecule has 0 spiro atoms. The summed E-state index contributed by atoms with van der Waals surface area (Å²) >= 11 is 0. The molecule has 0 unspecified atom stereocenters. The molecule has 0 saturated carbocycles. The Morgan fingerprint density at radius 3 is 2.37 bits per heavy atom. The standard InChI is InChI=1S/C19H15F3N4O/c20-13-6-7-14(18(22)17(13)21)24-16-9-8-15(25-26-16)19(27)23-11-10-12-4-2-1-3-5-12/h1-9H,10-11H2,(H,23,27)(H,24,26). The molecule has 27 heavy (non-hydrogen) atoms. The van der Waals surface area contributed by atoms with Crippen LogP contribution in [0.1, 0.15) is 16.1 Å². The van der Waals surface area contributed by atoms with Crippen LogP contribution in [0, 0.1) is 17.5 Å². The Balaban J connectivity index is 1.58. The highest BCUT2D eigenvalue weighted by Crippen LogP contribution is 2.22. The van der Waals surface area contributed by atoms with E-state index in [0.717, 1.165) is 17.7 Å². The Hall–Kier alpha value is -3.42. The monoisotopic (exact) mass is 372 g/mol. The summed E-state index contributed by atoms with van der Waals surface area (Å²) in [6.45, 7) is 0.435. The summed E-state index contributed by atoms with van der Waals surface area (Å²) in [4.78, 5) is 12.1. The summed E-state index contributed by atoms with van der Waals surface area (Å²) in [5.41, 5.74) is 0.889. The third-order valence-corrected chi connectivity index (χ3v) is 3.74. The molecule has 0 aliphatic heterocycles. The predicted molar refractivity (Wildman–Crippen MR) is 94.1 cm³/mol. The summed E-state index contributed by atoms with van der Waals surface area (Å²) < 4.78 is 39.8. The third-order valence-electron chi connectivity index (χ3n) is 3.74. The van der Waals surface area contributed by atoms with E-state index in [4.69, 9.17) is 0 Å². The second-order valence-corrected chi connectivity index (χ2v) is 5.64. The lowest BCUT2D eigenvalue weighted by molar-refractivity contribution is 0.0948. The summed E-state index contributed by atoms with van der Waals surface area (Å²) in [6.07, 6.45) is 0.676. The number of carbonyl (C=O) groups is 1. The van der Waals surface area contributed by atoms with Crippen molar-refractivity contribution in [2.24, 2.45) is 0 Å². The van der Waals surface area contributed by atoms with Gasteiger partial charge in [0.05, 0.1) is 5.69 Å². The van der Waals surface area contributed by atoms with Gasteiger partial charge in [-0.15, -0.1) is 10.2 Å². The van der Waals surface area contributed by atoms with E-state index >= 15 is 0 Å². The second-order valence-electron chi connectivity index (χ2n) is 5.64. The molecule has 0 aliphatic rings. The molecule has 5 nitrogen and oxygen atoms in total. The lowest BCUT2D eigenvalue weighted by Crippen LogP contribution is -2.26. The van der Waals surface area contributed by atoms with Gasteiger partial charge in [-0.2, -0.15) is 0 Å². The Labute approximate surface area is 153 Å². The van der Waals surface area contributed by atoms with Crippen LogP contribution in [-0.4, -0.2) is 22.6 Å². The van der Waals surface area contributed by atoms with Crippen LogP contribution in [0.25, 0.3) is 0 Å². The van der Waals surface area contributed by atoms with Gasteiger partial charge < -0.3 is 10.6 Å². The smallest absolute Gasteiger partial charge is 0.271 e. The van der Waals surface area contributed by atoms with Crippen LogP contribution >= 0.6 is 0 Å². The van der Waals surface area contributed by atoms with Crippen molar-refractivity contribution in [2.75, 3.05) is 11.9 Å². The molecule has 1 heterocycles. The number of hydrogen-bond acceptors (Lipinski definition) is 4. The fraction of sp³-hybridized carbons (Fsp3) is 0.105. The highest BCUT2D eigenvalue weighted by molar-refractivity contribution is 5.92.